The highest BCUT2D eigenvalue weighted by Gasteiger charge is 2.51. The van der Waals surface area contributed by atoms with E-state index in [1.165, 1.54) is 11.2 Å². The second-order valence-electron chi connectivity index (χ2n) is 6.97. The van der Waals surface area contributed by atoms with Crippen molar-refractivity contribution in [2.24, 2.45) is 0 Å². The number of ether oxygens (including phenoxy) is 1. The average molecular weight is 435 g/mol. The number of rotatable bonds is 6. The van der Waals surface area contributed by atoms with Crippen molar-refractivity contribution >= 4 is 38.9 Å². The van der Waals surface area contributed by atoms with Crippen LogP contribution in [0.3, 0.4) is 0 Å². The molecule has 0 spiro atoms. The fourth-order valence-electron chi connectivity index (χ4n) is 3.21. The molecule has 8 heteroatoms. The Morgan fingerprint density at radius 2 is 1.90 bits per heavy atom. The number of nitrogens with one attached hydrogen (secondary N) is 1. The summed E-state index contributed by atoms with van der Waals surface area (Å²) in [6.07, 6.45) is 2.45. The lowest BCUT2D eigenvalue weighted by atomic mass is 10.0. The van der Waals surface area contributed by atoms with Crippen LogP contribution in [0.2, 0.25) is 5.02 Å². The number of anilines is 2. The first-order valence-corrected chi connectivity index (χ1v) is 11.0. The van der Waals surface area contributed by atoms with E-state index in [1.54, 1.807) is 54.6 Å². The molecular weight excluding hydrogens is 412 g/mol. The van der Waals surface area contributed by atoms with Crippen LogP contribution >= 0.6 is 11.6 Å². The van der Waals surface area contributed by atoms with Crippen molar-refractivity contribution in [3.05, 3.63) is 66.2 Å². The molecule has 1 aliphatic rings. The molecule has 6 nitrogen and oxygen atoms in total. The summed E-state index contributed by atoms with van der Waals surface area (Å²) in [6.45, 7) is 5.76. The third-order valence-electron chi connectivity index (χ3n) is 4.95. The van der Waals surface area contributed by atoms with Crippen LogP contribution < -0.4 is 14.4 Å². The Balaban J connectivity index is 1.81. The van der Waals surface area contributed by atoms with E-state index in [9.17, 15) is 13.2 Å². The zero-order valence-electron chi connectivity index (χ0n) is 16.1. The maximum absolute atomic E-state index is 13.3. The van der Waals surface area contributed by atoms with Gasteiger partial charge in [0.05, 0.1) is 5.69 Å². The average Bonchev–Trinajstić information content (AvgIpc) is 2.70. The summed E-state index contributed by atoms with van der Waals surface area (Å²) in [6, 6.07) is 13.3. The third-order valence-corrected chi connectivity index (χ3v) is 7.70. The normalized spacial score (nSPS) is 20.7. The monoisotopic (exact) mass is 434 g/mol. The first-order valence-electron chi connectivity index (χ1n) is 9.21. The van der Waals surface area contributed by atoms with Gasteiger partial charge in [-0.05, 0) is 68.3 Å². The minimum atomic E-state index is -3.93. The molecule has 3 rings (SSSR count). The van der Waals surface area contributed by atoms with E-state index in [0.717, 1.165) is 0 Å². The van der Waals surface area contributed by atoms with Crippen molar-refractivity contribution in [2.45, 2.75) is 24.5 Å². The van der Waals surface area contributed by atoms with Crippen LogP contribution in [-0.4, -0.2) is 32.2 Å². The van der Waals surface area contributed by atoms with Crippen molar-refractivity contribution in [1.29, 1.82) is 0 Å². The summed E-state index contributed by atoms with van der Waals surface area (Å²) in [7, 11) is -3.93. The Hall–Kier alpha value is -2.51. The molecule has 1 heterocycles. The van der Waals surface area contributed by atoms with Crippen molar-refractivity contribution in [3.63, 3.8) is 0 Å². The topological polar surface area (TPSA) is 75.7 Å². The second kappa shape index (κ2) is 8.47. The minimum absolute atomic E-state index is 0.242. The molecule has 1 amide bonds. The molecule has 2 aromatic rings. The Labute approximate surface area is 176 Å². The highest BCUT2D eigenvalue weighted by Crippen LogP contribution is 2.36. The molecule has 1 aliphatic heterocycles. The minimum Gasteiger partial charge on any atom is -0.490 e. The molecule has 0 aliphatic carbocycles. The lowest BCUT2D eigenvalue weighted by Gasteiger charge is -2.39. The lowest BCUT2D eigenvalue weighted by Crippen LogP contribution is -2.57. The predicted molar refractivity (Wildman–Crippen MR) is 116 cm³/mol. The number of nitrogens with zero attached hydrogens (tertiary/aromatic N) is 1. The van der Waals surface area contributed by atoms with Crippen LogP contribution in [0.4, 0.5) is 11.4 Å². The van der Waals surface area contributed by atoms with Gasteiger partial charge in [0.15, 0.2) is 4.75 Å². The van der Waals surface area contributed by atoms with Gasteiger partial charge in [0.1, 0.15) is 12.4 Å². The first-order chi connectivity index (χ1) is 13.8. The van der Waals surface area contributed by atoms with E-state index in [-0.39, 0.29) is 6.42 Å². The van der Waals surface area contributed by atoms with Crippen molar-refractivity contribution in [3.8, 4) is 5.75 Å². The molecule has 0 bridgehead atoms. The molecule has 1 fully saturated rings. The summed E-state index contributed by atoms with van der Waals surface area (Å²) in [5, 5.41) is 3.25. The fraction of sp³-hybridized carbons (Fsp3) is 0.286. The van der Waals surface area contributed by atoms with Crippen LogP contribution in [0.15, 0.2) is 61.2 Å². The van der Waals surface area contributed by atoms with Crippen molar-refractivity contribution < 1.29 is 17.9 Å². The van der Waals surface area contributed by atoms with Crippen LogP contribution in [0.25, 0.3) is 0 Å². The van der Waals surface area contributed by atoms with Crippen molar-refractivity contribution in [2.75, 3.05) is 22.8 Å². The van der Waals surface area contributed by atoms with Gasteiger partial charge in [0.25, 0.3) is 0 Å². The quantitative estimate of drug-likeness (QED) is 0.690. The Morgan fingerprint density at radius 1 is 1.24 bits per heavy atom. The molecule has 1 N–H and O–H groups in total. The summed E-state index contributed by atoms with van der Waals surface area (Å²) in [5.41, 5.74) is 0.998. The largest absolute Gasteiger partial charge is 0.490 e. The number of halogens is 1. The predicted octanol–water partition coefficient (Wildman–Crippen LogP) is 4.23. The zero-order chi connectivity index (χ0) is 21.1. The highest BCUT2D eigenvalue weighted by molar-refractivity contribution is 7.95. The Bertz CT molecular complexity index is 990. The number of sulfonamides is 1. The van der Waals surface area contributed by atoms with E-state index in [0.29, 0.717) is 41.7 Å². The number of hydrogen-bond donors (Lipinski definition) is 1. The van der Waals surface area contributed by atoms with Gasteiger partial charge in [-0.2, -0.15) is 0 Å². The zero-order valence-corrected chi connectivity index (χ0v) is 17.7. The van der Waals surface area contributed by atoms with E-state index >= 15 is 0 Å². The van der Waals surface area contributed by atoms with Crippen molar-refractivity contribution in [1.82, 2.24) is 0 Å². The molecule has 0 unspecified atom stereocenters. The molecule has 154 valence electrons. The number of carbonyl (C=O) groups excluding carboxylic acids is 1. The highest BCUT2D eigenvalue weighted by atomic mass is 35.5. The maximum atomic E-state index is 13.3. The van der Waals surface area contributed by atoms with Crippen LogP contribution in [-0.2, 0) is 14.8 Å². The third kappa shape index (κ3) is 4.26. The number of benzene rings is 2. The summed E-state index contributed by atoms with van der Waals surface area (Å²) in [4.78, 5) is 13.0. The van der Waals surface area contributed by atoms with Gasteiger partial charge in [0.2, 0.25) is 15.9 Å². The molecule has 0 saturated carbocycles. The van der Waals surface area contributed by atoms with Gasteiger partial charge in [0, 0.05) is 17.3 Å². The summed E-state index contributed by atoms with van der Waals surface area (Å²) < 4.78 is 31.8. The van der Waals surface area contributed by atoms with Gasteiger partial charge < -0.3 is 10.1 Å². The molecule has 0 aromatic heterocycles. The SMILES string of the molecule is C=CCOc1ccc(NC(=O)[C@@]2(C)CCCN(c3ccc(Cl)cc3)S2(=O)=O)cc1. The van der Waals surface area contributed by atoms with Gasteiger partial charge in [-0.3, -0.25) is 9.10 Å². The first kappa shape index (κ1) is 21.2. The van der Waals surface area contributed by atoms with Gasteiger partial charge in [-0.1, -0.05) is 24.3 Å². The van der Waals surface area contributed by atoms with Crippen LogP contribution in [0.1, 0.15) is 19.8 Å². The van der Waals surface area contributed by atoms with Gasteiger partial charge in [-0.15, -0.1) is 0 Å². The smallest absolute Gasteiger partial charge is 0.249 e. The standard InChI is InChI=1S/C21H23ClN2O4S/c1-3-15-28-19-11-7-17(8-12-19)23-20(25)21(2)13-4-14-24(29(21,26)27)18-9-5-16(22)6-10-18/h3,5-12H,1,4,13-15H2,2H3,(H,23,25)/t21-/m1/s1. The Morgan fingerprint density at radius 3 is 2.52 bits per heavy atom. The number of hydrogen-bond acceptors (Lipinski definition) is 4. The Kier molecular flexibility index (Phi) is 6.19. The number of amides is 1. The number of carbonyl (C=O) groups is 1. The molecule has 1 saturated heterocycles. The van der Waals surface area contributed by atoms with E-state index < -0.39 is 20.7 Å². The fourth-order valence-corrected chi connectivity index (χ4v) is 5.28. The molecule has 0 radical (unpaired) electrons. The van der Waals surface area contributed by atoms with Crippen LogP contribution in [0, 0.1) is 0 Å². The lowest BCUT2D eigenvalue weighted by molar-refractivity contribution is -0.118. The van der Waals surface area contributed by atoms with Gasteiger partial charge in [-0.25, -0.2) is 8.42 Å². The van der Waals surface area contributed by atoms with Crippen LogP contribution in [0.5, 0.6) is 5.75 Å². The molecule has 2 aromatic carbocycles. The maximum Gasteiger partial charge on any atom is 0.249 e. The second-order valence-corrected chi connectivity index (χ2v) is 9.69. The summed E-state index contributed by atoms with van der Waals surface area (Å²) in [5.74, 6) is 0.0734. The van der Waals surface area contributed by atoms with E-state index in [1.807, 2.05) is 0 Å². The molecular formula is C21H23ClN2O4S. The van der Waals surface area contributed by atoms with E-state index in [2.05, 4.69) is 11.9 Å². The molecule has 29 heavy (non-hydrogen) atoms. The molecule has 1 atom stereocenters. The summed E-state index contributed by atoms with van der Waals surface area (Å²) >= 11 is 5.91. The van der Waals surface area contributed by atoms with Gasteiger partial charge >= 0.3 is 0 Å². The van der Waals surface area contributed by atoms with E-state index in [4.69, 9.17) is 16.3 Å².